The Balaban J connectivity index is 2.07. The second kappa shape index (κ2) is 8.14. The number of nitrogens with zero attached hydrogens (tertiary/aromatic N) is 1. The number of rotatable bonds is 4. The highest BCUT2D eigenvalue weighted by molar-refractivity contribution is 6.39. The molecule has 11 heteroatoms. The number of carbonyl (C=O) groups is 2. The molecule has 0 spiro atoms. The van der Waals surface area contributed by atoms with E-state index in [0.29, 0.717) is 6.07 Å². The molecule has 0 fully saturated rings. The van der Waals surface area contributed by atoms with Crippen molar-refractivity contribution in [3.05, 3.63) is 69.0 Å². The van der Waals surface area contributed by atoms with Crippen LogP contribution in [0.3, 0.4) is 0 Å². The number of anilines is 1. The zero-order valence-corrected chi connectivity index (χ0v) is 15.9. The summed E-state index contributed by atoms with van der Waals surface area (Å²) in [5.41, 5.74) is -1.21. The second-order valence-corrected chi connectivity index (χ2v) is 6.31. The van der Waals surface area contributed by atoms with Gasteiger partial charge in [0.05, 0.1) is 22.7 Å². The van der Waals surface area contributed by atoms with E-state index in [0.717, 1.165) is 13.2 Å². The normalized spacial score (nSPS) is 10.7. The van der Waals surface area contributed by atoms with E-state index in [2.05, 4.69) is 15.2 Å². The molecule has 2 aromatic carbocycles. The molecule has 6 nitrogen and oxygen atoms in total. The maximum absolute atomic E-state index is 13.9. The van der Waals surface area contributed by atoms with E-state index in [1.165, 1.54) is 12.1 Å². The van der Waals surface area contributed by atoms with Crippen LogP contribution in [0.4, 0.5) is 19.1 Å². The Bertz CT molecular complexity index is 1110. The number of hydrogen-bond acceptors (Lipinski definition) is 5. The molecule has 150 valence electrons. The van der Waals surface area contributed by atoms with Crippen molar-refractivity contribution in [1.82, 2.24) is 5.16 Å². The van der Waals surface area contributed by atoms with E-state index in [1.54, 1.807) is 6.07 Å². The minimum atomic E-state index is -1.83. The third kappa shape index (κ3) is 3.79. The molecular weight excluding hydrogens is 436 g/mol. The van der Waals surface area contributed by atoms with Crippen LogP contribution in [0.15, 0.2) is 34.9 Å². The van der Waals surface area contributed by atoms with Gasteiger partial charge in [-0.05, 0) is 24.3 Å². The van der Waals surface area contributed by atoms with Gasteiger partial charge < -0.3 is 9.26 Å². The third-order valence-corrected chi connectivity index (χ3v) is 4.42. The first-order chi connectivity index (χ1) is 13.8. The quantitative estimate of drug-likeness (QED) is 0.446. The molecule has 1 heterocycles. The lowest BCUT2D eigenvalue weighted by Gasteiger charge is -2.07. The number of amides is 1. The van der Waals surface area contributed by atoms with E-state index in [1.807, 2.05) is 0 Å². The second-order valence-electron chi connectivity index (χ2n) is 5.50. The number of methoxy groups -OCH3 is 1. The molecule has 29 heavy (non-hydrogen) atoms. The van der Waals surface area contributed by atoms with Gasteiger partial charge in [-0.25, -0.2) is 18.0 Å². The van der Waals surface area contributed by atoms with Crippen molar-refractivity contribution in [2.45, 2.75) is 0 Å². The first-order valence-electron chi connectivity index (χ1n) is 7.73. The zero-order valence-electron chi connectivity index (χ0n) is 14.4. The van der Waals surface area contributed by atoms with E-state index in [-0.39, 0.29) is 26.9 Å². The van der Waals surface area contributed by atoms with Gasteiger partial charge in [0.1, 0.15) is 5.69 Å². The van der Waals surface area contributed by atoms with E-state index < -0.39 is 40.8 Å². The molecule has 1 N–H and O–H groups in total. The van der Waals surface area contributed by atoms with Gasteiger partial charge in [-0.15, -0.1) is 0 Å². The summed E-state index contributed by atoms with van der Waals surface area (Å²) >= 11 is 12.2. The summed E-state index contributed by atoms with van der Waals surface area (Å²) in [5.74, 6) is -7.73. The van der Waals surface area contributed by atoms with Crippen LogP contribution < -0.4 is 5.32 Å². The maximum Gasteiger partial charge on any atom is 0.345 e. The number of nitrogens with one attached hydrogen (secondary N) is 1. The molecular formula is C18H9Cl2F3N2O4. The highest BCUT2D eigenvalue weighted by atomic mass is 35.5. The highest BCUT2D eigenvalue weighted by Gasteiger charge is 2.30. The van der Waals surface area contributed by atoms with E-state index >= 15 is 0 Å². The summed E-state index contributed by atoms with van der Waals surface area (Å²) < 4.78 is 50.0. The van der Waals surface area contributed by atoms with Crippen molar-refractivity contribution < 1.29 is 32.0 Å². The lowest BCUT2D eigenvalue weighted by atomic mass is 10.1. The van der Waals surface area contributed by atoms with Gasteiger partial charge in [-0.2, -0.15) is 0 Å². The molecule has 0 atom stereocenters. The lowest BCUT2D eigenvalue weighted by molar-refractivity contribution is 0.0602. The SMILES string of the molecule is COC(=O)c1c(-c2c(Cl)cccc2Cl)noc1NC(=O)c1ccc(F)c(F)c1F. The summed E-state index contributed by atoms with van der Waals surface area (Å²) in [6.45, 7) is 0. The van der Waals surface area contributed by atoms with Gasteiger partial charge in [0, 0.05) is 5.56 Å². The lowest BCUT2D eigenvalue weighted by Crippen LogP contribution is -2.17. The molecule has 3 aromatic rings. The van der Waals surface area contributed by atoms with Gasteiger partial charge >= 0.3 is 5.97 Å². The first kappa shape index (κ1) is 20.7. The zero-order chi connectivity index (χ0) is 21.3. The number of benzene rings is 2. The van der Waals surface area contributed by atoms with Crippen LogP contribution in [0.2, 0.25) is 10.0 Å². The third-order valence-electron chi connectivity index (χ3n) is 3.79. The monoisotopic (exact) mass is 444 g/mol. The average Bonchev–Trinajstić information content (AvgIpc) is 3.08. The van der Waals surface area contributed by atoms with Crippen molar-refractivity contribution in [2.75, 3.05) is 12.4 Å². The largest absolute Gasteiger partial charge is 0.465 e. The van der Waals surface area contributed by atoms with Gasteiger partial charge in [0.15, 0.2) is 23.0 Å². The number of halogens is 5. The molecule has 0 unspecified atom stereocenters. The summed E-state index contributed by atoms with van der Waals surface area (Å²) in [7, 11) is 1.06. The van der Waals surface area contributed by atoms with Crippen LogP contribution in [-0.2, 0) is 4.74 Å². The first-order valence-corrected chi connectivity index (χ1v) is 8.49. The fourth-order valence-corrected chi connectivity index (χ4v) is 3.01. The predicted molar refractivity (Wildman–Crippen MR) is 97.6 cm³/mol. The van der Waals surface area contributed by atoms with Crippen LogP contribution in [0.1, 0.15) is 20.7 Å². The number of esters is 1. The maximum atomic E-state index is 13.9. The van der Waals surface area contributed by atoms with Gasteiger partial charge in [-0.1, -0.05) is 34.4 Å². The Labute approximate surface area is 171 Å². The Morgan fingerprint density at radius 2 is 1.72 bits per heavy atom. The Hall–Kier alpha value is -3.04. The number of aromatic nitrogens is 1. The fourth-order valence-electron chi connectivity index (χ4n) is 2.43. The summed E-state index contributed by atoms with van der Waals surface area (Å²) in [5, 5.41) is 6.02. The van der Waals surface area contributed by atoms with Crippen molar-refractivity contribution in [3.63, 3.8) is 0 Å². The molecule has 0 aliphatic rings. The van der Waals surface area contributed by atoms with Crippen molar-refractivity contribution in [2.24, 2.45) is 0 Å². The minimum Gasteiger partial charge on any atom is -0.465 e. The smallest absolute Gasteiger partial charge is 0.345 e. The standard InChI is InChI=1S/C18H9Cl2F3N2O4/c1-28-18(27)12-15(11-8(19)3-2-4-9(11)20)25-29-17(12)24-16(26)7-5-6-10(21)14(23)13(7)22/h2-6H,1H3,(H,24,26). The summed E-state index contributed by atoms with van der Waals surface area (Å²) in [6, 6.07) is 5.81. The van der Waals surface area contributed by atoms with Crippen LogP contribution in [-0.4, -0.2) is 24.1 Å². The Morgan fingerprint density at radius 3 is 2.34 bits per heavy atom. The molecule has 3 rings (SSSR count). The molecule has 0 aliphatic carbocycles. The van der Waals surface area contributed by atoms with Crippen molar-refractivity contribution in [3.8, 4) is 11.3 Å². The fraction of sp³-hybridized carbons (Fsp3) is 0.0556. The van der Waals surface area contributed by atoms with Gasteiger partial charge in [0.2, 0.25) is 5.88 Å². The number of carbonyl (C=O) groups excluding carboxylic acids is 2. The van der Waals surface area contributed by atoms with Crippen LogP contribution in [0.25, 0.3) is 11.3 Å². The van der Waals surface area contributed by atoms with Crippen LogP contribution >= 0.6 is 23.2 Å². The van der Waals surface area contributed by atoms with E-state index in [9.17, 15) is 22.8 Å². The van der Waals surface area contributed by atoms with Crippen LogP contribution in [0, 0.1) is 17.5 Å². The van der Waals surface area contributed by atoms with Crippen molar-refractivity contribution in [1.29, 1.82) is 0 Å². The summed E-state index contributed by atoms with van der Waals surface area (Å²) in [4.78, 5) is 24.6. The number of ether oxygens (including phenoxy) is 1. The van der Waals surface area contributed by atoms with Crippen LogP contribution in [0.5, 0.6) is 0 Å². The topological polar surface area (TPSA) is 81.4 Å². The Morgan fingerprint density at radius 1 is 1.07 bits per heavy atom. The predicted octanol–water partition coefficient (Wildman–Crippen LogP) is 5.10. The van der Waals surface area contributed by atoms with E-state index in [4.69, 9.17) is 27.7 Å². The highest BCUT2D eigenvalue weighted by Crippen LogP contribution is 2.38. The molecule has 0 aliphatic heterocycles. The summed E-state index contributed by atoms with van der Waals surface area (Å²) in [6.07, 6.45) is 0. The minimum absolute atomic E-state index is 0.125. The number of hydrogen-bond donors (Lipinski definition) is 1. The average molecular weight is 445 g/mol. The molecule has 0 saturated carbocycles. The molecule has 1 aromatic heterocycles. The molecule has 1 amide bonds. The van der Waals surface area contributed by atoms with Crippen molar-refractivity contribution >= 4 is 41.0 Å². The Kier molecular flexibility index (Phi) is 5.81. The van der Waals surface area contributed by atoms with Gasteiger partial charge in [-0.3, -0.25) is 10.1 Å². The molecule has 0 radical (unpaired) electrons. The molecule has 0 saturated heterocycles. The molecule has 0 bridgehead atoms. The van der Waals surface area contributed by atoms with Gasteiger partial charge in [0.25, 0.3) is 5.91 Å².